The summed E-state index contributed by atoms with van der Waals surface area (Å²) in [5.41, 5.74) is 3.44. The predicted molar refractivity (Wildman–Crippen MR) is 126 cm³/mol. The quantitative estimate of drug-likeness (QED) is 0.415. The molecule has 0 fully saturated rings. The molecule has 0 atom stereocenters. The minimum absolute atomic E-state index is 0.186. The molecule has 33 heavy (non-hydrogen) atoms. The van der Waals surface area contributed by atoms with Crippen molar-refractivity contribution in [3.05, 3.63) is 76.2 Å². The van der Waals surface area contributed by atoms with Crippen molar-refractivity contribution in [2.45, 2.75) is 20.3 Å². The molecule has 8 heteroatoms. The number of benzene rings is 2. The van der Waals surface area contributed by atoms with E-state index in [9.17, 15) is 19.2 Å². The number of nitrogens with one attached hydrogen (secondary N) is 1. The molecule has 0 unspecified atom stereocenters. The van der Waals surface area contributed by atoms with E-state index in [2.05, 4.69) is 12.2 Å². The van der Waals surface area contributed by atoms with Gasteiger partial charge in [0.25, 0.3) is 11.8 Å². The number of fused-ring (bicyclic) bond motifs is 1. The van der Waals surface area contributed by atoms with Crippen LogP contribution in [-0.4, -0.2) is 41.7 Å². The highest BCUT2D eigenvalue weighted by Gasteiger charge is 2.36. The number of nitrogens with zero attached hydrogens (tertiary/aromatic N) is 1. The number of aryl methyl sites for hydroxylation is 1. The van der Waals surface area contributed by atoms with Crippen molar-refractivity contribution in [2.24, 2.45) is 0 Å². The lowest BCUT2D eigenvalue weighted by Gasteiger charge is -2.14. The normalized spacial score (nSPS) is 12.6. The molecule has 7 nitrogen and oxygen atoms in total. The van der Waals surface area contributed by atoms with E-state index in [1.54, 1.807) is 36.6 Å². The van der Waals surface area contributed by atoms with Crippen LogP contribution in [0.5, 0.6) is 0 Å². The molecule has 0 radical (unpaired) electrons. The van der Waals surface area contributed by atoms with Gasteiger partial charge in [-0.3, -0.25) is 19.3 Å². The maximum Gasteiger partial charge on any atom is 0.341 e. The minimum atomic E-state index is -0.579. The molecule has 3 aromatic rings. The second kappa shape index (κ2) is 9.38. The lowest BCUT2D eigenvalue weighted by atomic mass is 10.0. The van der Waals surface area contributed by atoms with E-state index in [0.717, 1.165) is 16.9 Å². The highest BCUT2D eigenvalue weighted by Crippen LogP contribution is 2.36. The summed E-state index contributed by atoms with van der Waals surface area (Å²) in [7, 11) is 0. The number of ether oxygens (including phenoxy) is 1. The molecule has 2 heterocycles. The van der Waals surface area contributed by atoms with E-state index in [1.807, 2.05) is 24.3 Å². The fourth-order valence-electron chi connectivity index (χ4n) is 3.68. The largest absolute Gasteiger partial charge is 0.462 e. The first-order valence-electron chi connectivity index (χ1n) is 10.6. The van der Waals surface area contributed by atoms with Crippen molar-refractivity contribution >= 4 is 40.0 Å². The molecule has 4 rings (SSSR count). The molecule has 168 valence electrons. The Hall–Kier alpha value is -3.78. The number of anilines is 1. The van der Waals surface area contributed by atoms with Gasteiger partial charge < -0.3 is 10.1 Å². The first kappa shape index (κ1) is 22.4. The number of esters is 1. The number of rotatable bonds is 7. The van der Waals surface area contributed by atoms with Crippen LogP contribution in [0.15, 0.2) is 53.9 Å². The molecular weight excluding hydrogens is 440 g/mol. The zero-order valence-corrected chi connectivity index (χ0v) is 19.0. The zero-order chi connectivity index (χ0) is 23.5. The number of thiophene rings is 1. The van der Waals surface area contributed by atoms with E-state index in [-0.39, 0.29) is 23.3 Å². The van der Waals surface area contributed by atoms with E-state index in [1.165, 1.54) is 16.9 Å². The molecule has 1 aromatic heterocycles. The van der Waals surface area contributed by atoms with Gasteiger partial charge in [-0.25, -0.2) is 4.79 Å². The van der Waals surface area contributed by atoms with Crippen LogP contribution < -0.4 is 5.32 Å². The third kappa shape index (κ3) is 4.29. The van der Waals surface area contributed by atoms with Crippen molar-refractivity contribution in [2.75, 3.05) is 18.5 Å². The van der Waals surface area contributed by atoms with Gasteiger partial charge in [0.1, 0.15) is 17.1 Å². The highest BCUT2D eigenvalue weighted by atomic mass is 32.1. The molecule has 0 spiro atoms. The topological polar surface area (TPSA) is 92.8 Å². The second-order valence-electron chi connectivity index (χ2n) is 7.41. The van der Waals surface area contributed by atoms with Crippen molar-refractivity contribution in [3.63, 3.8) is 0 Å². The van der Waals surface area contributed by atoms with Crippen molar-refractivity contribution in [3.8, 4) is 11.1 Å². The van der Waals surface area contributed by atoms with Crippen LogP contribution in [0.2, 0.25) is 0 Å². The van der Waals surface area contributed by atoms with Gasteiger partial charge in [0.05, 0.1) is 17.7 Å². The van der Waals surface area contributed by atoms with Crippen LogP contribution in [0, 0.1) is 0 Å². The molecule has 0 bridgehead atoms. The van der Waals surface area contributed by atoms with E-state index in [0.29, 0.717) is 10.6 Å². The Kier molecular flexibility index (Phi) is 6.37. The first-order valence-corrected chi connectivity index (χ1v) is 11.5. The third-order valence-electron chi connectivity index (χ3n) is 5.38. The molecule has 0 saturated heterocycles. The van der Waals surface area contributed by atoms with Gasteiger partial charge in [-0.05, 0) is 36.6 Å². The Labute approximate surface area is 195 Å². The van der Waals surface area contributed by atoms with Gasteiger partial charge >= 0.3 is 5.97 Å². The Morgan fingerprint density at radius 3 is 2.15 bits per heavy atom. The van der Waals surface area contributed by atoms with Crippen LogP contribution in [0.4, 0.5) is 5.00 Å². The molecular formula is C25H22N2O5S. The van der Waals surface area contributed by atoms with E-state index >= 15 is 0 Å². The Morgan fingerprint density at radius 2 is 1.58 bits per heavy atom. The summed E-state index contributed by atoms with van der Waals surface area (Å²) in [6, 6.07) is 14.3. The first-order chi connectivity index (χ1) is 15.9. The summed E-state index contributed by atoms with van der Waals surface area (Å²) in [6.45, 7) is 3.50. The SMILES string of the molecule is CCOC(=O)c1c(-c2ccc(CC)cc2)csc1NC(=O)CN1C(=O)c2ccccc2C1=O. The third-order valence-corrected chi connectivity index (χ3v) is 6.27. The molecule has 1 N–H and O–H groups in total. The summed E-state index contributed by atoms with van der Waals surface area (Å²) >= 11 is 1.19. The summed E-state index contributed by atoms with van der Waals surface area (Å²) in [5.74, 6) is -2.16. The predicted octanol–water partition coefficient (Wildman–Crippen LogP) is 4.39. The van der Waals surface area contributed by atoms with Crippen LogP contribution >= 0.6 is 11.3 Å². The Morgan fingerprint density at radius 1 is 0.939 bits per heavy atom. The van der Waals surface area contributed by atoms with Gasteiger partial charge in [0.15, 0.2) is 0 Å². The number of hydrogen-bond donors (Lipinski definition) is 1. The van der Waals surface area contributed by atoms with Gasteiger partial charge in [0.2, 0.25) is 5.91 Å². The average molecular weight is 463 g/mol. The molecule has 2 aromatic carbocycles. The lowest BCUT2D eigenvalue weighted by Crippen LogP contribution is -2.37. The second-order valence-corrected chi connectivity index (χ2v) is 8.29. The smallest absolute Gasteiger partial charge is 0.341 e. The summed E-state index contributed by atoms with van der Waals surface area (Å²) < 4.78 is 5.22. The summed E-state index contributed by atoms with van der Waals surface area (Å²) in [4.78, 5) is 51.5. The molecule has 0 aliphatic carbocycles. The number of hydrogen-bond acceptors (Lipinski definition) is 6. The Bertz CT molecular complexity index is 1210. The lowest BCUT2D eigenvalue weighted by molar-refractivity contribution is -0.116. The standard InChI is InChI=1S/C25H22N2O5S/c1-3-15-9-11-16(12-10-15)19-14-33-22(21(19)25(31)32-4-2)26-20(28)13-27-23(29)17-7-5-6-8-18(17)24(27)30/h5-12,14H,3-4,13H2,1-2H3,(H,26,28). The monoisotopic (exact) mass is 462 g/mol. The van der Waals surface area contributed by atoms with E-state index in [4.69, 9.17) is 4.74 Å². The summed E-state index contributed by atoms with van der Waals surface area (Å²) in [6.07, 6.45) is 0.897. The zero-order valence-electron chi connectivity index (χ0n) is 18.2. The molecule has 0 saturated carbocycles. The number of amides is 3. The van der Waals surface area contributed by atoms with Crippen molar-refractivity contribution in [1.29, 1.82) is 0 Å². The number of imide groups is 1. The molecule has 1 aliphatic rings. The van der Waals surface area contributed by atoms with Crippen LogP contribution in [0.3, 0.4) is 0 Å². The van der Waals surface area contributed by atoms with Gasteiger partial charge in [-0.2, -0.15) is 0 Å². The number of carbonyl (C=O) groups excluding carboxylic acids is 4. The fraction of sp³-hybridized carbons (Fsp3) is 0.200. The van der Waals surface area contributed by atoms with Gasteiger partial charge in [-0.15, -0.1) is 11.3 Å². The Balaban J connectivity index is 1.58. The fourth-order valence-corrected chi connectivity index (χ4v) is 4.65. The van der Waals surface area contributed by atoms with Crippen LogP contribution in [0.25, 0.3) is 11.1 Å². The van der Waals surface area contributed by atoms with Gasteiger partial charge in [0, 0.05) is 10.9 Å². The van der Waals surface area contributed by atoms with Crippen molar-refractivity contribution in [1.82, 2.24) is 4.90 Å². The van der Waals surface area contributed by atoms with Crippen LogP contribution in [0.1, 0.15) is 50.5 Å². The summed E-state index contributed by atoms with van der Waals surface area (Å²) in [5, 5.41) is 4.78. The highest BCUT2D eigenvalue weighted by molar-refractivity contribution is 7.15. The van der Waals surface area contributed by atoms with Crippen molar-refractivity contribution < 1.29 is 23.9 Å². The maximum atomic E-state index is 12.8. The number of carbonyl (C=O) groups is 4. The van der Waals surface area contributed by atoms with E-state index < -0.39 is 30.2 Å². The molecule has 3 amide bonds. The molecule has 1 aliphatic heterocycles. The minimum Gasteiger partial charge on any atom is -0.462 e. The maximum absolute atomic E-state index is 12.8. The average Bonchev–Trinajstić information content (AvgIpc) is 3.34. The van der Waals surface area contributed by atoms with Gasteiger partial charge in [-0.1, -0.05) is 43.3 Å². The van der Waals surface area contributed by atoms with Crippen LogP contribution in [-0.2, 0) is 16.0 Å².